The van der Waals surface area contributed by atoms with Gasteiger partial charge in [-0.2, -0.15) is 0 Å². The van der Waals surface area contributed by atoms with E-state index in [2.05, 4.69) is 6.92 Å². The van der Waals surface area contributed by atoms with Gasteiger partial charge in [-0.3, -0.25) is 0 Å². The van der Waals surface area contributed by atoms with Crippen molar-refractivity contribution in [2.75, 3.05) is 7.11 Å². The molecule has 1 fully saturated rings. The van der Waals surface area contributed by atoms with Crippen LogP contribution in [0.25, 0.3) is 0 Å². The molecule has 0 radical (unpaired) electrons. The maximum Gasteiger partial charge on any atom is 0.157 e. The van der Waals surface area contributed by atoms with Crippen LogP contribution in [-0.2, 0) is 9.47 Å². The Bertz CT molecular complexity index is 72.9. The highest BCUT2D eigenvalue weighted by atomic mass is 16.7. The molecule has 1 unspecified atom stereocenters. The lowest BCUT2D eigenvalue weighted by atomic mass is 10.3. The van der Waals surface area contributed by atoms with E-state index in [1.165, 1.54) is 0 Å². The minimum atomic E-state index is 0.0741. The second-order valence-corrected chi connectivity index (χ2v) is 2.19. The Kier molecular flexibility index (Phi) is 1.86. The first-order valence-corrected chi connectivity index (χ1v) is 3.01. The van der Waals surface area contributed by atoms with Crippen LogP contribution < -0.4 is 0 Å². The van der Waals surface area contributed by atoms with Crippen LogP contribution in [-0.4, -0.2) is 19.5 Å². The molecule has 2 nitrogen and oxygen atoms in total. The number of rotatable bonds is 1. The van der Waals surface area contributed by atoms with Crippen molar-refractivity contribution in [3.8, 4) is 0 Å². The van der Waals surface area contributed by atoms with Crippen LogP contribution in [0.5, 0.6) is 0 Å². The third-order valence-electron chi connectivity index (χ3n) is 1.46. The van der Waals surface area contributed by atoms with Crippen molar-refractivity contribution < 1.29 is 9.47 Å². The summed E-state index contributed by atoms with van der Waals surface area (Å²) in [6.07, 6.45) is 2.67. The molecule has 0 aromatic heterocycles. The highest BCUT2D eigenvalue weighted by Crippen LogP contribution is 2.18. The fraction of sp³-hybridized carbons (Fsp3) is 1.00. The van der Waals surface area contributed by atoms with Gasteiger partial charge in [0.2, 0.25) is 0 Å². The van der Waals surface area contributed by atoms with Gasteiger partial charge in [0.25, 0.3) is 0 Å². The van der Waals surface area contributed by atoms with E-state index in [1.807, 2.05) is 0 Å². The van der Waals surface area contributed by atoms with Crippen LogP contribution in [0.15, 0.2) is 0 Å². The summed E-state index contributed by atoms with van der Waals surface area (Å²) < 4.78 is 10.2. The van der Waals surface area contributed by atoms with Crippen LogP contribution >= 0.6 is 0 Å². The quantitative estimate of drug-likeness (QED) is 0.511. The van der Waals surface area contributed by atoms with E-state index < -0.39 is 0 Å². The van der Waals surface area contributed by atoms with Gasteiger partial charge in [-0.1, -0.05) is 0 Å². The van der Waals surface area contributed by atoms with Gasteiger partial charge in [-0.05, 0) is 13.3 Å². The van der Waals surface area contributed by atoms with Gasteiger partial charge in [-0.15, -0.1) is 0 Å². The fourth-order valence-corrected chi connectivity index (χ4v) is 0.939. The molecule has 1 rings (SSSR count). The van der Waals surface area contributed by atoms with Gasteiger partial charge in [-0.25, -0.2) is 0 Å². The second kappa shape index (κ2) is 2.46. The first-order chi connectivity index (χ1) is 3.83. The summed E-state index contributed by atoms with van der Waals surface area (Å²) in [6.45, 7) is 2.07. The molecule has 1 heterocycles. The predicted octanol–water partition coefficient (Wildman–Crippen LogP) is 1.16. The summed E-state index contributed by atoms with van der Waals surface area (Å²) in [5.41, 5.74) is 0. The van der Waals surface area contributed by atoms with Crippen molar-refractivity contribution in [3.05, 3.63) is 0 Å². The minimum Gasteiger partial charge on any atom is -0.356 e. The summed E-state index contributed by atoms with van der Waals surface area (Å²) in [6, 6.07) is 0. The summed E-state index contributed by atoms with van der Waals surface area (Å²) in [7, 11) is 1.68. The Morgan fingerprint density at radius 3 is 2.50 bits per heavy atom. The standard InChI is InChI=1S/C6H12O2/c1-5-3-4-6(7-2)8-5/h5-6H,3-4H2,1-2H3/t5-,6?/m0/s1. The molecule has 0 spiro atoms. The lowest BCUT2D eigenvalue weighted by molar-refractivity contribution is -0.110. The zero-order valence-corrected chi connectivity index (χ0v) is 5.39. The molecule has 1 aliphatic heterocycles. The number of hydrogen-bond acceptors (Lipinski definition) is 2. The Hall–Kier alpha value is -0.0800. The summed E-state index contributed by atoms with van der Waals surface area (Å²) in [5.74, 6) is 0. The molecule has 2 atom stereocenters. The molecule has 1 aliphatic rings. The third-order valence-corrected chi connectivity index (χ3v) is 1.46. The highest BCUT2D eigenvalue weighted by molar-refractivity contribution is 4.61. The second-order valence-electron chi connectivity index (χ2n) is 2.19. The van der Waals surface area contributed by atoms with Gasteiger partial charge in [0, 0.05) is 13.5 Å². The van der Waals surface area contributed by atoms with Crippen LogP contribution in [0.3, 0.4) is 0 Å². The Morgan fingerprint density at radius 2 is 2.25 bits per heavy atom. The average molecular weight is 116 g/mol. The van der Waals surface area contributed by atoms with Crippen molar-refractivity contribution in [1.82, 2.24) is 0 Å². The van der Waals surface area contributed by atoms with Crippen molar-refractivity contribution in [3.63, 3.8) is 0 Å². The molecular formula is C6H12O2. The van der Waals surface area contributed by atoms with E-state index >= 15 is 0 Å². The SMILES string of the molecule is COC1CC[C@H](C)O1. The van der Waals surface area contributed by atoms with Gasteiger partial charge >= 0.3 is 0 Å². The molecule has 0 amide bonds. The van der Waals surface area contributed by atoms with Crippen molar-refractivity contribution in [2.45, 2.75) is 32.2 Å². The molecule has 0 aromatic carbocycles. The number of methoxy groups -OCH3 is 1. The van der Waals surface area contributed by atoms with Crippen LogP contribution in [0, 0.1) is 0 Å². The lowest BCUT2D eigenvalue weighted by Gasteiger charge is -2.06. The van der Waals surface area contributed by atoms with Crippen LogP contribution in [0.4, 0.5) is 0 Å². The van der Waals surface area contributed by atoms with Gasteiger partial charge in [0.15, 0.2) is 6.29 Å². The molecule has 0 bridgehead atoms. The maximum absolute atomic E-state index is 5.29. The Balaban J connectivity index is 2.22. The summed E-state index contributed by atoms with van der Waals surface area (Å²) in [5, 5.41) is 0. The first-order valence-electron chi connectivity index (χ1n) is 3.01. The zero-order chi connectivity index (χ0) is 5.98. The van der Waals surface area contributed by atoms with E-state index in [0.29, 0.717) is 6.10 Å². The molecular weight excluding hydrogens is 104 g/mol. The molecule has 48 valence electrons. The number of ether oxygens (including phenoxy) is 2. The van der Waals surface area contributed by atoms with Gasteiger partial charge < -0.3 is 9.47 Å². The predicted molar refractivity (Wildman–Crippen MR) is 30.6 cm³/mol. The monoisotopic (exact) mass is 116 g/mol. The largest absolute Gasteiger partial charge is 0.356 e. The molecule has 1 saturated heterocycles. The smallest absolute Gasteiger partial charge is 0.157 e. The van der Waals surface area contributed by atoms with Gasteiger partial charge in [0.1, 0.15) is 0 Å². The van der Waals surface area contributed by atoms with Crippen LogP contribution in [0.2, 0.25) is 0 Å². The summed E-state index contributed by atoms with van der Waals surface area (Å²) >= 11 is 0. The lowest BCUT2D eigenvalue weighted by Crippen LogP contribution is -2.09. The summed E-state index contributed by atoms with van der Waals surface area (Å²) in [4.78, 5) is 0. The fourth-order valence-electron chi connectivity index (χ4n) is 0.939. The highest BCUT2D eigenvalue weighted by Gasteiger charge is 2.20. The Labute approximate surface area is 49.8 Å². The Morgan fingerprint density at radius 1 is 1.50 bits per heavy atom. The minimum absolute atomic E-state index is 0.0741. The van der Waals surface area contributed by atoms with Crippen molar-refractivity contribution >= 4 is 0 Å². The molecule has 2 heteroatoms. The molecule has 0 saturated carbocycles. The van der Waals surface area contributed by atoms with Crippen molar-refractivity contribution in [1.29, 1.82) is 0 Å². The van der Waals surface area contributed by atoms with E-state index in [-0.39, 0.29) is 6.29 Å². The van der Waals surface area contributed by atoms with E-state index in [9.17, 15) is 0 Å². The van der Waals surface area contributed by atoms with Crippen LogP contribution in [0.1, 0.15) is 19.8 Å². The van der Waals surface area contributed by atoms with E-state index in [0.717, 1.165) is 12.8 Å². The first kappa shape index (κ1) is 6.05. The molecule has 8 heavy (non-hydrogen) atoms. The average Bonchev–Trinajstić information content (AvgIpc) is 2.14. The van der Waals surface area contributed by atoms with Gasteiger partial charge in [0.05, 0.1) is 6.10 Å². The normalized spacial score (nSPS) is 38.2. The molecule has 0 N–H and O–H groups in total. The topological polar surface area (TPSA) is 18.5 Å². The van der Waals surface area contributed by atoms with E-state index in [4.69, 9.17) is 9.47 Å². The molecule has 0 aromatic rings. The zero-order valence-electron chi connectivity index (χ0n) is 5.39. The number of hydrogen-bond donors (Lipinski definition) is 0. The maximum atomic E-state index is 5.29. The van der Waals surface area contributed by atoms with Crippen molar-refractivity contribution in [2.24, 2.45) is 0 Å². The third kappa shape index (κ3) is 1.20. The van der Waals surface area contributed by atoms with E-state index in [1.54, 1.807) is 7.11 Å². The molecule has 0 aliphatic carbocycles.